The molecule has 0 saturated carbocycles. The Morgan fingerprint density at radius 3 is 2.12 bits per heavy atom. The SMILES string of the molecule is COc1ccccc1-c1c(NC(=O)c2ccc(C)cc2)n(-c2ccc(C)cc2)nc(C)c1=O. The number of benzene rings is 3. The molecule has 0 unspecified atom stereocenters. The van der Waals surface area contributed by atoms with Crippen molar-refractivity contribution in [3.63, 3.8) is 0 Å². The standard InChI is InChI=1S/C27H25N3O3/c1-17-9-13-20(14-10-17)27(32)28-26-24(22-7-5-6-8-23(22)33-4)25(31)19(3)29-30(26)21-15-11-18(2)12-16-21/h5-16H,1-4H3,(H,28,32). The summed E-state index contributed by atoms with van der Waals surface area (Å²) in [6.45, 7) is 5.62. The summed E-state index contributed by atoms with van der Waals surface area (Å²) in [6, 6.07) is 22.2. The Morgan fingerprint density at radius 1 is 0.879 bits per heavy atom. The lowest BCUT2D eigenvalue weighted by atomic mass is 10.0. The average Bonchev–Trinajstić information content (AvgIpc) is 2.82. The van der Waals surface area contributed by atoms with Crippen LogP contribution in [0.3, 0.4) is 0 Å². The number of ether oxygens (including phenoxy) is 1. The highest BCUT2D eigenvalue weighted by molar-refractivity contribution is 6.06. The number of hydrogen-bond acceptors (Lipinski definition) is 4. The number of carbonyl (C=O) groups excluding carboxylic acids is 1. The number of amides is 1. The number of para-hydroxylation sites is 1. The largest absolute Gasteiger partial charge is 0.496 e. The Bertz CT molecular complexity index is 1370. The first-order valence-electron chi connectivity index (χ1n) is 10.6. The summed E-state index contributed by atoms with van der Waals surface area (Å²) in [4.78, 5) is 26.6. The smallest absolute Gasteiger partial charge is 0.256 e. The number of methoxy groups -OCH3 is 1. The summed E-state index contributed by atoms with van der Waals surface area (Å²) in [7, 11) is 1.55. The van der Waals surface area contributed by atoms with Gasteiger partial charge in [-0.3, -0.25) is 9.59 Å². The van der Waals surface area contributed by atoms with Crippen LogP contribution in [0.5, 0.6) is 5.75 Å². The molecule has 4 rings (SSSR count). The number of rotatable bonds is 5. The van der Waals surface area contributed by atoms with Crippen LogP contribution in [0.1, 0.15) is 27.2 Å². The van der Waals surface area contributed by atoms with E-state index in [2.05, 4.69) is 10.4 Å². The van der Waals surface area contributed by atoms with E-state index < -0.39 is 0 Å². The topological polar surface area (TPSA) is 73.2 Å². The number of aryl methyl sites for hydroxylation is 3. The third kappa shape index (κ3) is 4.41. The molecule has 0 fully saturated rings. The van der Waals surface area contributed by atoms with E-state index in [1.807, 2.05) is 62.4 Å². The summed E-state index contributed by atoms with van der Waals surface area (Å²) in [6.07, 6.45) is 0. The number of nitrogens with one attached hydrogen (secondary N) is 1. The minimum atomic E-state index is -0.336. The van der Waals surface area contributed by atoms with E-state index >= 15 is 0 Å². The van der Waals surface area contributed by atoms with Gasteiger partial charge in [-0.05, 0) is 51.1 Å². The molecular weight excluding hydrogens is 414 g/mol. The first-order valence-corrected chi connectivity index (χ1v) is 10.6. The van der Waals surface area contributed by atoms with Crippen molar-refractivity contribution < 1.29 is 9.53 Å². The van der Waals surface area contributed by atoms with Crippen molar-refractivity contribution in [1.82, 2.24) is 9.78 Å². The second kappa shape index (κ2) is 9.12. The molecular formula is C27H25N3O3. The third-order valence-corrected chi connectivity index (χ3v) is 5.45. The van der Waals surface area contributed by atoms with Crippen LogP contribution in [0.2, 0.25) is 0 Å². The Kier molecular flexibility index (Phi) is 6.09. The summed E-state index contributed by atoms with van der Waals surface area (Å²) in [5.41, 5.74) is 4.28. The lowest BCUT2D eigenvalue weighted by Gasteiger charge is -2.19. The van der Waals surface area contributed by atoms with Crippen molar-refractivity contribution in [2.45, 2.75) is 20.8 Å². The maximum Gasteiger partial charge on any atom is 0.256 e. The minimum Gasteiger partial charge on any atom is -0.496 e. The van der Waals surface area contributed by atoms with Gasteiger partial charge in [-0.2, -0.15) is 5.10 Å². The van der Waals surface area contributed by atoms with Crippen LogP contribution in [0, 0.1) is 20.8 Å². The number of anilines is 1. The van der Waals surface area contributed by atoms with Crippen molar-refractivity contribution in [1.29, 1.82) is 0 Å². The molecule has 166 valence electrons. The molecule has 6 heteroatoms. The van der Waals surface area contributed by atoms with E-state index in [0.717, 1.165) is 16.8 Å². The lowest BCUT2D eigenvalue weighted by Crippen LogP contribution is -2.25. The fourth-order valence-corrected chi connectivity index (χ4v) is 3.61. The second-order valence-corrected chi connectivity index (χ2v) is 7.91. The predicted molar refractivity (Wildman–Crippen MR) is 130 cm³/mol. The minimum absolute atomic E-state index is 0.276. The van der Waals surface area contributed by atoms with Crippen LogP contribution in [-0.2, 0) is 0 Å². The molecule has 0 bridgehead atoms. The molecule has 0 saturated heterocycles. The van der Waals surface area contributed by atoms with E-state index in [0.29, 0.717) is 28.1 Å². The van der Waals surface area contributed by atoms with Gasteiger partial charge < -0.3 is 10.1 Å². The van der Waals surface area contributed by atoms with Gasteiger partial charge in [0.05, 0.1) is 18.4 Å². The lowest BCUT2D eigenvalue weighted by molar-refractivity contribution is 0.102. The van der Waals surface area contributed by atoms with Gasteiger partial charge >= 0.3 is 0 Å². The number of carbonyl (C=O) groups is 1. The van der Waals surface area contributed by atoms with E-state index in [-0.39, 0.29) is 17.2 Å². The van der Waals surface area contributed by atoms with Gasteiger partial charge in [0, 0.05) is 11.1 Å². The van der Waals surface area contributed by atoms with Crippen molar-refractivity contribution in [3.8, 4) is 22.6 Å². The zero-order valence-electron chi connectivity index (χ0n) is 19.0. The molecule has 0 aliphatic rings. The molecule has 1 aromatic heterocycles. The molecule has 0 aliphatic heterocycles. The summed E-state index contributed by atoms with van der Waals surface area (Å²) in [5, 5.41) is 7.48. The first kappa shape index (κ1) is 22.0. The van der Waals surface area contributed by atoms with Crippen LogP contribution in [0.15, 0.2) is 77.6 Å². The zero-order valence-corrected chi connectivity index (χ0v) is 19.0. The molecule has 1 N–H and O–H groups in total. The molecule has 33 heavy (non-hydrogen) atoms. The monoisotopic (exact) mass is 439 g/mol. The Morgan fingerprint density at radius 2 is 1.48 bits per heavy atom. The van der Waals surface area contributed by atoms with Crippen molar-refractivity contribution in [2.24, 2.45) is 0 Å². The zero-order chi connectivity index (χ0) is 23.5. The van der Waals surface area contributed by atoms with Gasteiger partial charge in [0.15, 0.2) is 0 Å². The average molecular weight is 440 g/mol. The van der Waals surface area contributed by atoms with Crippen molar-refractivity contribution in [3.05, 3.63) is 105 Å². The van der Waals surface area contributed by atoms with E-state index in [1.54, 1.807) is 43.0 Å². The van der Waals surface area contributed by atoms with Crippen molar-refractivity contribution in [2.75, 3.05) is 12.4 Å². The maximum atomic E-state index is 13.4. The van der Waals surface area contributed by atoms with Gasteiger partial charge in [-0.25, -0.2) is 4.68 Å². The van der Waals surface area contributed by atoms with Crippen LogP contribution >= 0.6 is 0 Å². The number of nitrogens with zero attached hydrogens (tertiary/aromatic N) is 2. The summed E-state index contributed by atoms with van der Waals surface area (Å²) >= 11 is 0. The third-order valence-electron chi connectivity index (χ3n) is 5.45. The second-order valence-electron chi connectivity index (χ2n) is 7.91. The first-order chi connectivity index (χ1) is 15.9. The molecule has 1 heterocycles. The molecule has 1 amide bonds. The Labute approximate surface area is 192 Å². The van der Waals surface area contributed by atoms with Crippen LogP contribution < -0.4 is 15.5 Å². The molecule has 0 atom stereocenters. The number of aromatic nitrogens is 2. The normalized spacial score (nSPS) is 10.7. The van der Waals surface area contributed by atoms with Crippen molar-refractivity contribution >= 4 is 11.7 Å². The van der Waals surface area contributed by atoms with Gasteiger partial charge in [0.2, 0.25) is 5.43 Å². The predicted octanol–water partition coefficient (Wildman–Crippen LogP) is 5.09. The highest BCUT2D eigenvalue weighted by atomic mass is 16.5. The Balaban J connectivity index is 1.98. The Hall–Kier alpha value is -4.19. The summed E-state index contributed by atoms with van der Waals surface area (Å²) < 4.78 is 7.13. The fraction of sp³-hybridized carbons (Fsp3) is 0.148. The van der Waals surface area contributed by atoms with Gasteiger partial charge in [-0.15, -0.1) is 0 Å². The highest BCUT2D eigenvalue weighted by Crippen LogP contribution is 2.34. The molecule has 0 aliphatic carbocycles. The van der Waals surface area contributed by atoms with E-state index in [4.69, 9.17) is 4.74 Å². The molecule has 6 nitrogen and oxygen atoms in total. The van der Waals surface area contributed by atoms with Gasteiger partial charge in [0.1, 0.15) is 17.3 Å². The van der Waals surface area contributed by atoms with Crippen LogP contribution in [0.4, 0.5) is 5.82 Å². The van der Waals surface area contributed by atoms with Crippen LogP contribution in [-0.4, -0.2) is 22.8 Å². The van der Waals surface area contributed by atoms with E-state index in [1.165, 1.54) is 0 Å². The van der Waals surface area contributed by atoms with Gasteiger partial charge in [0.25, 0.3) is 5.91 Å². The maximum absolute atomic E-state index is 13.4. The molecule has 0 spiro atoms. The van der Waals surface area contributed by atoms with Gasteiger partial charge in [-0.1, -0.05) is 53.6 Å². The van der Waals surface area contributed by atoms with Crippen LogP contribution in [0.25, 0.3) is 16.8 Å². The molecule has 4 aromatic rings. The van der Waals surface area contributed by atoms with E-state index in [9.17, 15) is 9.59 Å². The fourth-order valence-electron chi connectivity index (χ4n) is 3.61. The number of hydrogen-bond donors (Lipinski definition) is 1. The summed E-state index contributed by atoms with van der Waals surface area (Å²) in [5.74, 6) is 0.475. The quantitative estimate of drug-likeness (QED) is 0.470. The molecule has 0 radical (unpaired) electrons. The highest BCUT2D eigenvalue weighted by Gasteiger charge is 2.23. The molecule has 3 aromatic carbocycles.